The van der Waals surface area contributed by atoms with E-state index in [1.807, 2.05) is 12.1 Å². The van der Waals surface area contributed by atoms with Crippen LogP contribution < -0.4 is 5.32 Å². The van der Waals surface area contributed by atoms with Gasteiger partial charge in [-0.1, -0.05) is 25.5 Å². The van der Waals surface area contributed by atoms with Crippen molar-refractivity contribution in [3.63, 3.8) is 0 Å². The van der Waals surface area contributed by atoms with Crippen molar-refractivity contribution in [2.45, 2.75) is 39.0 Å². The summed E-state index contributed by atoms with van der Waals surface area (Å²) in [4.78, 5) is 12.2. The summed E-state index contributed by atoms with van der Waals surface area (Å²) >= 11 is 0. The average molecular weight is 243 g/mol. The molecule has 2 saturated carbocycles. The minimum Gasteiger partial charge on any atom is -0.326 e. The molecule has 18 heavy (non-hydrogen) atoms. The van der Waals surface area contributed by atoms with Gasteiger partial charge in [0.05, 0.1) is 0 Å². The highest BCUT2D eigenvalue weighted by molar-refractivity contribution is 5.93. The smallest absolute Gasteiger partial charge is 0.227 e. The Hall–Kier alpha value is -1.31. The summed E-state index contributed by atoms with van der Waals surface area (Å²) in [5.41, 5.74) is 2.26. The third-order valence-corrected chi connectivity index (χ3v) is 4.70. The SMILES string of the molecule is CCc1ccc(NC(=O)[C@H]2C[C@H]3CC[C@@H]2C3)cc1. The van der Waals surface area contributed by atoms with Crippen LogP contribution in [-0.2, 0) is 11.2 Å². The first-order valence-electron chi connectivity index (χ1n) is 7.16. The third kappa shape index (κ3) is 2.16. The number of anilines is 1. The predicted molar refractivity (Wildman–Crippen MR) is 73.4 cm³/mol. The molecular formula is C16H21NO. The van der Waals surface area contributed by atoms with Crippen molar-refractivity contribution in [2.75, 3.05) is 5.32 Å². The molecule has 2 aliphatic carbocycles. The van der Waals surface area contributed by atoms with Gasteiger partial charge in [0, 0.05) is 11.6 Å². The minimum atomic E-state index is 0.242. The van der Waals surface area contributed by atoms with Gasteiger partial charge in [-0.25, -0.2) is 0 Å². The van der Waals surface area contributed by atoms with E-state index in [4.69, 9.17) is 0 Å². The van der Waals surface area contributed by atoms with Crippen molar-refractivity contribution in [3.05, 3.63) is 29.8 Å². The number of rotatable bonds is 3. The van der Waals surface area contributed by atoms with Crippen molar-refractivity contribution >= 4 is 11.6 Å². The van der Waals surface area contributed by atoms with E-state index in [1.54, 1.807) is 0 Å². The Morgan fingerprint density at radius 1 is 1.22 bits per heavy atom. The zero-order valence-corrected chi connectivity index (χ0v) is 11.0. The highest BCUT2D eigenvalue weighted by Gasteiger charge is 2.42. The van der Waals surface area contributed by atoms with E-state index >= 15 is 0 Å². The Morgan fingerprint density at radius 2 is 2.00 bits per heavy atom. The number of benzene rings is 1. The van der Waals surface area contributed by atoms with E-state index < -0.39 is 0 Å². The molecule has 2 heteroatoms. The van der Waals surface area contributed by atoms with Crippen LogP contribution in [0.1, 0.15) is 38.2 Å². The largest absolute Gasteiger partial charge is 0.326 e. The van der Waals surface area contributed by atoms with Gasteiger partial charge < -0.3 is 5.32 Å². The van der Waals surface area contributed by atoms with Crippen LogP contribution in [0, 0.1) is 17.8 Å². The number of amides is 1. The first kappa shape index (κ1) is 11.8. The van der Waals surface area contributed by atoms with Crippen LogP contribution in [0.25, 0.3) is 0 Å². The summed E-state index contributed by atoms with van der Waals surface area (Å²) in [6.45, 7) is 2.14. The van der Waals surface area contributed by atoms with Gasteiger partial charge >= 0.3 is 0 Å². The summed E-state index contributed by atoms with van der Waals surface area (Å²) in [6, 6.07) is 8.22. The fraction of sp³-hybridized carbons (Fsp3) is 0.562. The van der Waals surface area contributed by atoms with E-state index in [0.717, 1.165) is 24.4 Å². The normalized spacial score (nSPS) is 29.5. The van der Waals surface area contributed by atoms with Gasteiger partial charge in [0.15, 0.2) is 0 Å². The Balaban J connectivity index is 1.63. The minimum absolute atomic E-state index is 0.242. The molecule has 0 aromatic heterocycles. The van der Waals surface area contributed by atoms with Gasteiger partial charge in [-0.15, -0.1) is 0 Å². The van der Waals surface area contributed by atoms with Crippen molar-refractivity contribution in [3.8, 4) is 0 Å². The first-order chi connectivity index (χ1) is 8.76. The van der Waals surface area contributed by atoms with Crippen molar-refractivity contribution < 1.29 is 4.79 Å². The number of hydrogen-bond donors (Lipinski definition) is 1. The van der Waals surface area contributed by atoms with Crippen molar-refractivity contribution in [1.82, 2.24) is 0 Å². The van der Waals surface area contributed by atoms with E-state index in [-0.39, 0.29) is 11.8 Å². The molecule has 1 N–H and O–H groups in total. The maximum absolute atomic E-state index is 12.2. The lowest BCUT2D eigenvalue weighted by Gasteiger charge is -2.20. The number of aryl methyl sites for hydroxylation is 1. The Labute approximate surface area is 109 Å². The molecule has 3 atom stereocenters. The summed E-state index contributed by atoms with van der Waals surface area (Å²) < 4.78 is 0. The molecule has 0 aliphatic heterocycles. The number of hydrogen-bond acceptors (Lipinski definition) is 1. The highest BCUT2D eigenvalue weighted by atomic mass is 16.1. The standard InChI is InChI=1S/C16H21NO/c1-2-11-4-7-14(8-5-11)17-16(18)15-10-12-3-6-13(15)9-12/h4-5,7-8,12-13,15H,2-3,6,9-10H2,1H3,(H,17,18)/t12-,13+,15-/m0/s1. The topological polar surface area (TPSA) is 29.1 Å². The molecule has 2 aliphatic rings. The maximum Gasteiger partial charge on any atom is 0.227 e. The Morgan fingerprint density at radius 3 is 2.56 bits per heavy atom. The lowest BCUT2D eigenvalue weighted by Crippen LogP contribution is -2.27. The fourth-order valence-corrected chi connectivity index (χ4v) is 3.62. The molecule has 0 heterocycles. The number of carbonyl (C=O) groups is 1. The first-order valence-corrected chi connectivity index (χ1v) is 7.16. The van der Waals surface area contributed by atoms with Gasteiger partial charge in [-0.2, -0.15) is 0 Å². The highest BCUT2D eigenvalue weighted by Crippen LogP contribution is 2.48. The molecule has 0 spiro atoms. The summed E-state index contributed by atoms with van der Waals surface area (Å²) in [5, 5.41) is 3.08. The molecule has 1 amide bonds. The molecule has 0 unspecified atom stereocenters. The molecule has 3 rings (SSSR count). The van der Waals surface area contributed by atoms with Gasteiger partial charge in [-0.3, -0.25) is 4.79 Å². The second-order valence-corrected chi connectivity index (χ2v) is 5.82. The number of carbonyl (C=O) groups excluding carboxylic acids is 1. The zero-order valence-electron chi connectivity index (χ0n) is 11.0. The maximum atomic E-state index is 12.2. The average Bonchev–Trinajstić information content (AvgIpc) is 3.02. The van der Waals surface area contributed by atoms with Gasteiger partial charge in [-0.05, 0) is 55.2 Å². The summed E-state index contributed by atoms with van der Waals surface area (Å²) in [5.74, 6) is 2.00. The molecule has 1 aromatic rings. The Bertz CT molecular complexity index is 437. The zero-order chi connectivity index (χ0) is 12.5. The number of nitrogens with one attached hydrogen (secondary N) is 1. The molecule has 2 fully saturated rings. The summed E-state index contributed by atoms with van der Waals surface area (Å²) in [6.07, 6.45) is 6.05. The lowest BCUT2D eigenvalue weighted by molar-refractivity contribution is -0.121. The van der Waals surface area contributed by atoms with E-state index in [9.17, 15) is 4.79 Å². The number of fused-ring (bicyclic) bond motifs is 2. The molecule has 1 aromatic carbocycles. The molecule has 0 saturated heterocycles. The molecule has 0 radical (unpaired) electrons. The predicted octanol–water partition coefficient (Wildman–Crippen LogP) is 3.62. The molecule has 96 valence electrons. The van der Waals surface area contributed by atoms with Gasteiger partial charge in [0.25, 0.3) is 0 Å². The van der Waals surface area contributed by atoms with E-state index in [0.29, 0.717) is 5.92 Å². The third-order valence-electron chi connectivity index (χ3n) is 4.70. The second-order valence-electron chi connectivity index (χ2n) is 5.82. The molecule has 2 nitrogen and oxygen atoms in total. The second kappa shape index (κ2) is 4.75. The van der Waals surface area contributed by atoms with Crippen LogP contribution in [0.2, 0.25) is 0 Å². The van der Waals surface area contributed by atoms with Crippen LogP contribution in [0.4, 0.5) is 5.69 Å². The van der Waals surface area contributed by atoms with Crippen LogP contribution in [-0.4, -0.2) is 5.91 Å². The summed E-state index contributed by atoms with van der Waals surface area (Å²) in [7, 11) is 0. The van der Waals surface area contributed by atoms with Crippen molar-refractivity contribution in [2.24, 2.45) is 17.8 Å². The van der Waals surface area contributed by atoms with Crippen LogP contribution in [0.15, 0.2) is 24.3 Å². The monoisotopic (exact) mass is 243 g/mol. The Kier molecular flexibility index (Phi) is 3.11. The van der Waals surface area contributed by atoms with Crippen LogP contribution in [0.5, 0.6) is 0 Å². The van der Waals surface area contributed by atoms with E-state index in [1.165, 1.54) is 24.8 Å². The van der Waals surface area contributed by atoms with Gasteiger partial charge in [0.2, 0.25) is 5.91 Å². The van der Waals surface area contributed by atoms with Crippen LogP contribution >= 0.6 is 0 Å². The van der Waals surface area contributed by atoms with E-state index in [2.05, 4.69) is 24.4 Å². The molecule has 2 bridgehead atoms. The lowest BCUT2D eigenvalue weighted by atomic mass is 9.88. The quantitative estimate of drug-likeness (QED) is 0.863. The van der Waals surface area contributed by atoms with Crippen molar-refractivity contribution in [1.29, 1.82) is 0 Å². The fourth-order valence-electron chi connectivity index (χ4n) is 3.62. The van der Waals surface area contributed by atoms with Gasteiger partial charge in [0.1, 0.15) is 0 Å². The van der Waals surface area contributed by atoms with Crippen LogP contribution in [0.3, 0.4) is 0 Å². The molecular weight excluding hydrogens is 222 g/mol.